The van der Waals surface area contributed by atoms with E-state index in [1.165, 1.54) is 12.8 Å². The van der Waals surface area contributed by atoms with Crippen molar-refractivity contribution in [2.75, 3.05) is 0 Å². The zero-order chi connectivity index (χ0) is 8.93. The van der Waals surface area contributed by atoms with Crippen LogP contribution in [0.25, 0.3) is 0 Å². The van der Waals surface area contributed by atoms with Crippen LogP contribution in [0.4, 0.5) is 0 Å². The molecular weight excluding hydrogens is 238 g/mol. The molecule has 0 unspecified atom stereocenters. The lowest BCUT2D eigenvalue weighted by Crippen LogP contribution is -2.33. The van der Waals surface area contributed by atoms with Crippen LogP contribution in [0, 0.1) is 17.8 Å². The molecule has 2 aliphatic carbocycles. The zero-order valence-corrected chi connectivity index (χ0v) is 9.47. The maximum Gasteiger partial charge on any atom is 0.195 e. The summed E-state index contributed by atoms with van der Waals surface area (Å²) in [5, 5.41) is 0.0799. The van der Waals surface area contributed by atoms with Crippen LogP contribution in [0.1, 0.15) is 19.3 Å². The lowest BCUT2D eigenvalue weighted by molar-refractivity contribution is 0.344. The largest absolute Gasteiger partial charge is 0.195 e. The molecule has 2 fully saturated rings. The van der Waals surface area contributed by atoms with Gasteiger partial charge in [0, 0.05) is 11.3 Å². The van der Waals surface area contributed by atoms with E-state index in [1.54, 1.807) is 0 Å². The average molecular weight is 248 g/mol. The highest BCUT2D eigenvalue weighted by Gasteiger charge is 2.54. The van der Waals surface area contributed by atoms with Crippen molar-refractivity contribution in [2.45, 2.75) is 28.4 Å². The highest BCUT2D eigenvalue weighted by molar-refractivity contribution is 6.68. The first kappa shape index (κ1) is 9.71. The van der Waals surface area contributed by atoms with Gasteiger partial charge in [-0.15, -0.1) is 11.6 Å². The quantitative estimate of drug-likeness (QED) is 0.568. The summed E-state index contributed by atoms with van der Waals surface area (Å²) in [5.74, 6) is 1.21. The van der Waals surface area contributed by atoms with Crippen molar-refractivity contribution in [1.29, 1.82) is 0 Å². The number of alkyl halides is 4. The van der Waals surface area contributed by atoms with E-state index in [1.807, 2.05) is 0 Å². The maximum atomic E-state index is 6.21. The minimum absolute atomic E-state index is 0.0721. The molecule has 2 saturated carbocycles. The Labute approximate surface area is 92.5 Å². The Kier molecular flexibility index (Phi) is 2.49. The van der Waals surface area contributed by atoms with Crippen LogP contribution in [0.3, 0.4) is 0 Å². The molecule has 0 amide bonds. The van der Waals surface area contributed by atoms with Crippen LogP contribution in [-0.2, 0) is 0 Å². The number of hydrogen-bond acceptors (Lipinski definition) is 0. The van der Waals surface area contributed by atoms with E-state index in [4.69, 9.17) is 46.4 Å². The van der Waals surface area contributed by atoms with E-state index in [0.717, 1.165) is 6.42 Å². The van der Waals surface area contributed by atoms with Gasteiger partial charge in [-0.2, -0.15) is 0 Å². The Morgan fingerprint density at radius 1 is 1.00 bits per heavy atom. The van der Waals surface area contributed by atoms with Gasteiger partial charge >= 0.3 is 0 Å². The normalized spacial score (nSPS) is 47.0. The summed E-state index contributed by atoms with van der Waals surface area (Å²) in [4.78, 5) is 0. The van der Waals surface area contributed by atoms with Crippen LogP contribution < -0.4 is 0 Å². The molecule has 2 aliphatic rings. The molecular formula is C8H10Cl4. The molecule has 0 N–H and O–H groups in total. The lowest BCUT2D eigenvalue weighted by atomic mass is 9.89. The first-order valence-electron chi connectivity index (χ1n) is 4.21. The van der Waals surface area contributed by atoms with E-state index < -0.39 is 3.79 Å². The van der Waals surface area contributed by atoms with Gasteiger partial charge in [0.05, 0.1) is 0 Å². The van der Waals surface area contributed by atoms with Gasteiger partial charge in [0.2, 0.25) is 0 Å². The molecule has 0 aromatic carbocycles. The van der Waals surface area contributed by atoms with Gasteiger partial charge in [-0.05, 0) is 31.1 Å². The Bertz CT molecular complexity index is 184. The number of rotatable bonds is 0. The third kappa shape index (κ3) is 1.45. The van der Waals surface area contributed by atoms with Gasteiger partial charge in [0.1, 0.15) is 0 Å². The minimum atomic E-state index is -1.16. The van der Waals surface area contributed by atoms with Crippen LogP contribution >= 0.6 is 46.4 Å². The molecule has 2 rings (SSSR count). The van der Waals surface area contributed by atoms with Crippen molar-refractivity contribution < 1.29 is 0 Å². The molecule has 12 heavy (non-hydrogen) atoms. The van der Waals surface area contributed by atoms with E-state index in [9.17, 15) is 0 Å². The Balaban J connectivity index is 2.17. The number of fused-ring (bicyclic) bond motifs is 2. The molecule has 0 aromatic heterocycles. The highest BCUT2D eigenvalue weighted by atomic mass is 35.6. The van der Waals surface area contributed by atoms with Crippen LogP contribution in [-0.4, -0.2) is 9.17 Å². The summed E-state index contributed by atoms with van der Waals surface area (Å²) in [5.41, 5.74) is 0. The second kappa shape index (κ2) is 3.08. The van der Waals surface area contributed by atoms with Crippen molar-refractivity contribution in [3.05, 3.63) is 0 Å². The fourth-order valence-electron chi connectivity index (χ4n) is 2.67. The zero-order valence-electron chi connectivity index (χ0n) is 6.44. The topological polar surface area (TPSA) is 0 Å². The summed E-state index contributed by atoms with van der Waals surface area (Å²) in [7, 11) is 0. The molecule has 0 nitrogen and oxygen atoms in total. The molecule has 0 aliphatic heterocycles. The van der Waals surface area contributed by atoms with Gasteiger partial charge < -0.3 is 0 Å². The number of halogens is 4. The van der Waals surface area contributed by atoms with Gasteiger partial charge in [-0.3, -0.25) is 0 Å². The monoisotopic (exact) mass is 246 g/mol. The van der Waals surface area contributed by atoms with Crippen molar-refractivity contribution >= 4 is 46.4 Å². The molecule has 4 atom stereocenters. The molecule has 4 heteroatoms. The van der Waals surface area contributed by atoms with Crippen molar-refractivity contribution in [2.24, 2.45) is 17.8 Å². The number of hydrogen-bond donors (Lipinski definition) is 0. The Morgan fingerprint density at radius 2 is 1.58 bits per heavy atom. The Hall–Kier alpha value is 1.16. The molecule has 0 saturated heterocycles. The van der Waals surface area contributed by atoms with Gasteiger partial charge in [0.15, 0.2) is 3.79 Å². The first-order valence-corrected chi connectivity index (χ1v) is 5.78. The van der Waals surface area contributed by atoms with E-state index in [2.05, 4.69) is 0 Å². The maximum absolute atomic E-state index is 6.21. The lowest BCUT2D eigenvalue weighted by Gasteiger charge is -2.31. The average Bonchev–Trinajstić information content (AvgIpc) is 2.42. The van der Waals surface area contributed by atoms with Crippen molar-refractivity contribution in [3.63, 3.8) is 0 Å². The van der Waals surface area contributed by atoms with E-state index in [-0.39, 0.29) is 11.3 Å². The molecule has 70 valence electrons. The highest BCUT2D eigenvalue weighted by Crippen LogP contribution is 2.58. The SMILES string of the molecule is Cl[C@@H]1[C@H]2CC[C@@H](C2)[C@H]1C(Cl)(Cl)Cl. The summed E-state index contributed by atoms with van der Waals surface area (Å²) in [6.45, 7) is 0. The predicted molar refractivity (Wildman–Crippen MR) is 54.3 cm³/mol. The van der Waals surface area contributed by atoms with Crippen LogP contribution in [0.2, 0.25) is 0 Å². The first-order chi connectivity index (χ1) is 5.50. The third-order valence-electron chi connectivity index (χ3n) is 3.19. The molecule has 2 bridgehead atoms. The fourth-order valence-corrected chi connectivity index (χ4v) is 4.43. The molecule has 0 spiro atoms. The van der Waals surface area contributed by atoms with E-state index in [0.29, 0.717) is 11.8 Å². The van der Waals surface area contributed by atoms with Crippen LogP contribution in [0.5, 0.6) is 0 Å². The summed E-state index contributed by atoms with van der Waals surface area (Å²) in [6.07, 6.45) is 3.56. The molecule has 0 aromatic rings. The minimum Gasteiger partial charge on any atom is -0.122 e. The predicted octanol–water partition coefficient (Wildman–Crippen LogP) is 4.01. The third-order valence-corrected chi connectivity index (χ3v) is 4.58. The summed E-state index contributed by atoms with van der Waals surface area (Å²) < 4.78 is -1.16. The van der Waals surface area contributed by atoms with E-state index >= 15 is 0 Å². The molecule has 0 radical (unpaired) electrons. The summed E-state index contributed by atoms with van der Waals surface area (Å²) >= 11 is 23.8. The van der Waals surface area contributed by atoms with Crippen LogP contribution in [0.15, 0.2) is 0 Å². The second-order valence-corrected chi connectivity index (χ2v) is 6.72. The molecule has 0 heterocycles. The standard InChI is InChI=1S/C8H10Cl4/c9-7-5-2-1-4(3-5)6(7)8(10,11)12/h4-7H,1-3H2/t4-,5-,6+,7+/m0/s1. The fraction of sp³-hybridized carbons (Fsp3) is 1.00. The van der Waals surface area contributed by atoms with Gasteiger partial charge in [-0.25, -0.2) is 0 Å². The van der Waals surface area contributed by atoms with Gasteiger partial charge in [-0.1, -0.05) is 34.8 Å². The summed E-state index contributed by atoms with van der Waals surface area (Å²) in [6, 6.07) is 0. The van der Waals surface area contributed by atoms with Gasteiger partial charge in [0.25, 0.3) is 0 Å². The Morgan fingerprint density at radius 3 is 1.92 bits per heavy atom. The smallest absolute Gasteiger partial charge is 0.122 e. The van der Waals surface area contributed by atoms with Crippen molar-refractivity contribution in [1.82, 2.24) is 0 Å². The van der Waals surface area contributed by atoms with Crippen molar-refractivity contribution in [3.8, 4) is 0 Å². The second-order valence-electron chi connectivity index (χ2n) is 3.85.